The van der Waals surface area contributed by atoms with Gasteiger partial charge < -0.3 is 0 Å². The molecule has 2 fully saturated rings. The maximum atomic E-state index is 2.43. The summed E-state index contributed by atoms with van der Waals surface area (Å²) in [5.74, 6) is 3.08. The molecule has 0 heteroatoms. The molecule has 0 aromatic rings. The van der Waals surface area contributed by atoms with Gasteiger partial charge in [-0.1, -0.05) is 76.7 Å². The highest BCUT2D eigenvalue weighted by atomic mass is 14.6. The lowest BCUT2D eigenvalue weighted by molar-refractivity contribution is 0.247. The van der Waals surface area contributed by atoms with Crippen LogP contribution in [0.4, 0.5) is 0 Å². The van der Waals surface area contributed by atoms with Crippen LogP contribution in [0.15, 0.2) is 24.3 Å². The van der Waals surface area contributed by atoms with Crippen LogP contribution in [0.25, 0.3) is 0 Å². The molecular weight excluding hydrogens is 264 g/mol. The van der Waals surface area contributed by atoms with Crippen LogP contribution in [0, 0.1) is 23.2 Å². The number of hydrogen-bond donors (Lipinski definition) is 0. The minimum atomic E-state index is 0.740. The molecule has 0 nitrogen and oxygen atoms in total. The predicted molar refractivity (Wildman–Crippen MR) is 99.0 cm³/mol. The van der Waals surface area contributed by atoms with Crippen molar-refractivity contribution in [1.29, 1.82) is 0 Å². The average molecular weight is 303 g/mol. The van der Waals surface area contributed by atoms with Crippen LogP contribution in [0.3, 0.4) is 0 Å². The Balaban J connectivity index is 1.58. The van der Waals surface area contributed by atoms with Gasteiger partial charge in [0.2, 0.25) is 0 Å². The van der Waals surface area contributed by atoms with Crippen molar-refractivity contribution in [2.45, 2.75) is 91.4 Å². The molecule has 22 heavy (non-hydrogen) atoms. The SMILES string of the molecule is CC=CC=CCC12CCC(CCCCC(C)CCC)CC1C2. The van der Waals surface area contributed by atoms with Crippen molar-refractivity contribution >= 4 is 0 Å². The maximum Gasteiger partial charge on any atom is -0.0231 e. The Bertz CT molecular complexity index is 364. The van der Waals surface area contributed by atoms with Crippen molar-refractivity contribution in [1.82, 2.24) is 0 Å². The monoisotopic (exact) mass is 302 g/mol. The van der Waals surface area contributed by atoms with Gasteiger partial charge >= 0.3 is 0 Å². The smallest absolute Gasteiger partial charge is 0.0231 e. The molecule has 4 unspecified atom stereocenters. The van der Waals surface area contributed by atoms with Crippen molar-refractivity contribution < 1.29 is 0 Å². The van der Waals surface area contributed by atoms with Crippen LogP contribution < -0.4 is 0 Å². The first-order chi connectivity index (χ1) is 10.7. The van der Waals surface area contributed by atoms with Crippen LogP contribution in [-0.2, 0) is 0 Å². The fourth-order valence-corrected chi connectivity index (χ4v) is 4.75. The maximum absolute atomic E-state index is 2.43. The van der Waals surface area contributed by atoms with E-state index in [9.17, 15) is 0 Å². The lowest BCUT2D eigenvalue weighted by Crippen LogP contribution is -2.16. The van der Waals surface area contributed by atoms with Gasteiger partial charge in [-0.15, -0.1) is 0 Å². The molecule has 0 N–H and O–H groups in total. The van der Waals surface area contributed by atoms with Gasteiger partial charge in [0, 0.05) is 0 Å². The topological polar surface area (TPSA) is 0 Å². The van der Waals surface area contributed by atoms with E-state index in [0.29, 0.717) is 0 Å². The highest BCUT2D eigenvalue weighted by molar-refractivity contribution is 5.11. The molecule has 0 heterocycles. The molecule has 0 bridgehead atoms. The summed E-state index contributed by atoms with van der Waals surface area (Å²) in [5, 5.41) is 0. The van der Waals surface area contributed by atoms with E-state index in [1.807, 2.05) is 0 Å². The average Bonchev–Trinajstić information content (AvgIpc) is 3.22. The van der Waals surface area contributed by atoms with Crippen LogP contribution in [0.2, 0.25) is 0 Å². The molecule has 2 aliphatic carbocycles. The molecule has 2 saturated carbocycles. The Hall–Kier alpha value is -0.520. The van der Waals surface area contributed by atoms with Gasteiger partial charge in [-0.2, -0.15) is 0 Å². The Morgan fingerprint density at radius 2 is 2.05 bits per heavy atom. The van der Waals surface area contributed by atoms with Gasteiger partial charge in [0.05, 0.1) is 0 Å². The van der Waals surface area contributed by atoms with E-state index < -0.39 is 0 Å². The lowest BCUT2D eigenvalue weighted by Gasteiger charge is -2.27. The highest BCUT2D eigenvalue weighted by Crippen LogP contribution is 2.65. The molecule has 0 aromatic heterocycles. The fourth-order valence-electron chi connectivity index (χ4n) is 4.75. The summed E-state index contributed by atoms with van der Waals surface area (Å²) >= 11 is 0. The molecule has 2 aliphatic rings. The van der Waals surface area contributed by atoms with Gasteiger partial charge in [0.1, 0.15) is 0 Å². The van der Waals surface area contributed by atoms with E-state index in [1.54, 1.807) is 6.42 Å². The summed E-state index contributed by atoms with van der Waals surface area (Å²) in [6.45, 7) is 6.84. The van der Waals surface area contributed by atoms with E-state index in [0.717, 1.165) is 23.2 Å². The molecule has 126 valence electrons. The second kappa shape index (κ2) is 8.94. The Kier molecular flexibility index (Phi) is 7.25. The summed E-state index contributed by atoms with van der Waals surface area (Å²) in [6.07, 6.45) is 25.1. The van der Waals surface area contributed by atoms with Crippen molar-refractivity contribution in [3.8, 4) is 0 Å². The molecule has 0 aliphatic heterocycles. The molecule has 0 aromatic carbocycles. The van der Waals surface area contributed by atoms with Gasteiger partial charge in [0.15, 0.2) is 0 Å². The van der Waals surface area contributed by atoms with Crippen LogP contribution in [0.1, 0.15) is 91.4 Å². The summed E-state index contributed by atoms with van der Waals surface area (Å²) < 4.78 is 0. The molecular formula is C22H38. The van der Waals surface area contributed by atoms with Crippen LogP contribution >= 0.6 is 0 Å². The third-order valence-electron chi connectivity index (χ3n) is 6.33. The summed E-state index contributed by atoms with van der Waals surface area (Å²) in [6, 6.07) is 0. The molecule has 0 spiro atoms. The second-order valence-corrected chi connectivity index (χ2v) is 8.24. The number of unbranched alkanes of at least 4 members (excludes halogenated alkanes) is 1. The van der Waals surface area contributed by atoms with Crippen molar-refractivity contribution in [3.63, 3.8) is 0 Å². The van der Waals surface area contributed by atoms with Gasteiger partial charge in [0.25, 0.3) is 0 Å². The highest BCUT2D eigenvalue weighted by Gasteiger charge is 2.55. The Morgan fingerprint density at radius 3 is 2.77 bits per heavy atom. The molecule has 0 saturated heterocycles. The minimum Gasteiger partial charge on any atom is -0.0877 e. The minimum absolute atomic E-state index is 0.740. The first-order valence-electron chi connectivity index (χ1n) is 9.98. The Labute approximate surface area is 139 Å². The first-order valence-corrected chi connectivity index (χ1v) is 9.98. The first kappa shape index (κ1) is 17.8. The zero-order valence-corrected chi connectivity index (χ0v) is 15.3. The van der Waals surface area contributed by atoms with E-state index in [1.165, 1.54) is 64.2 Å². The third kappa shape index (κ3) is 5.28. The van der Waals surface area contributed by atoms with Crippen molar-refractivity contribution in [2.24, 2.45) is 23.2 Å². The zero-order valence-electron chi connectivity index (χ0n) is 15.3. The van der Waals surface area contributed by atoms with E-state index in [4.69, 9.17) is 0 Å². The number of rotatable bonds is 10. The molecule has 2 rings (SSSR count). The zero-order chi connectivity index (χ0) is 15.8. The summed E-state index contributed by atoms with van der Waals surface area (Å²) in [5.41, 5.74) is 0.740. The van der Waals surface area contributed by atoms with E-state index in [-0.39, 0.29) is 0 Å². The lowest BCUT2D eigenvalue weighted by atomic mass is 9.78. The van der Waals surface area contributed by atoms with E-state index >= 15 is 0 Å². The largest absolute Gasteiger partial charge is 0.0877 e. The quantitative estimate of drug-likeness (QED) is 0.293. The second-order valence-electron chi connectivity index (χ2n) is 8.24. The summed E-state index contributed by atoms with van der Waals surface area (Å²) in [7, 11) is 0. The fraction of sp³-hybridized carbons (Fsp3) is 0.818. The number of hydrogen-bond acceptors (Lipinski definition) is 0. The number of fused-ring (bicyclic) bond motifs is 1. The van der Waals surface area contributed by atoms with Crippen LogP contribution in [-0.4, -0.2) is 0 Å². The number of allylic oxidation sites excluding steroid dienone is 4. The molecule has 0 radical (unpaired) electrons. The summed E-state index contributed by atoms with van der Waals surface area (Å²) in [4.78, 5) is 0. The van der Waals surface area contributed by atoms with Gasteiger partial charge in [-0.25, -0.2) is 0 Å². The van der Waals surface area contributed by atoms with Crippen molar-refractivity contribution in [2.75, 3.05) is 0 Å². The van der Waals surface area contributed by atoms with Gasteiger partial charge in [-0.05, 0) is 62.2 Å². The Morgan fingerprint density at radius 1 is 1.18 bits per heavy atom. The van der Waals surface area contributed by atoms with Crippen molar-refractivity contribution in [3.05, 3.63) is 24.3 Å². The molecule has 0 amide bonds. The van der Waals surface area contributed by atoms with E-state index in [2.05, 4.69) is 45.1 Å². The van der Waals surface area contributed by atoms with Crippen LogP contribution in [0.5, 0.6) is 0 Å². The predicted octanol–water partition coefficient (Wildman–Crippen LogP) is 7.31. The standard InChI is InChI=1S/C22H38/c1-4-6-7-10-15-22-16-14-20(17-21(22)18-22)13-9-8-12-19(3)11-5-2/h4,6-7,10,19-21H,5,8-9,11-18H2,1-3H3. The third-order valence-corrected chi connectivity index (χ3v) is 6.33. The molecule has 4 atom stereocenters. The van der Waals surface area contributed by atoms with Gasteiger partial charge in [-0.3, -0.25) is 0 Å². The normalized spacial score (nSPS) is 32.5.